The average Bonchev–Trinajstić information content (AvgIpc) is 3.13. The van der Waals surface area contributed by atoms with Crippen LogP contribution in [-0.4, -0.2) is 35.0 Å². The van der Waals surface area contributed by atoms with Crippen molar-refractivity contribution in [1.82, 2.24) is 4.90 Å². The molecular weight excluding hydrogens is 216 g/mol. The van der Waals surface area contributed by atoms with E-state index in [4.69, 9.17) is 5.73 Å². The molecule has 0 aromatic heterocycles. The number of nitrogens with two attached hydrogens (primary N) is 1. The maximum Gasteiger partial charge on any atom is 0.254 e. The molecule has 3 N–H and O–H groups in total. The zero-order valence-electron chi connectivity index (χ0n) is 10.0. The first-order valence-electron chi connectivity index (χ1n) is 5.94. The number of nitrogens with zero attached hydrogens (tertiary/aromatic N) is 1. The molecule has 1 aliphatic rings. The van der Waals surface area contributed by atoms with Crippen LogP contribution in [0.25, 0.3) is 0 Å². The van der Waals surface area contributed by atoms with E-state index in [1.807, 2.05) is 11.8 Å². The lowest BCUT2D eigenvalue weighted by Gasteiger charge is -2.21. The Hall–Kier alpha value is -1.55. The summed E-state index contributed by atoms with van der Waals surface area (Å²) in [7, 11) is 0. The molecule has 0 unspecified atom stereocenters. The molecule has 1 saturated carbocycles. The van der Waals surface area contributed by atoms with Gasteiger partial charge in [0, 0.05) is 24.7 Å². The van der Waals surface area contributed by atoms with Gasteiger partial charge in [-0.05, 0) is 37.5 Å². The van der Waals surface area contributed by atoms with Crippen LogP contribution in [0.2, 0.25) is 0 Å². The van der Waals surface area contributed by atoms with Crippen LogP contribution >= 0.6 is 0 Å². The first-order chi connectivity index (χ1) is 8.13. The molecule has 17 heavy (non-hydrogen) atoms. The number of phenolic OH excluding ortho intramolecular Hbond substituents is 1. The topological polar surface area (TPSA) is 66.6 Å². The molecule has 1 aliphatic carbocycles. The standard InChI is InChI=1S/C13H18N2O2/c1-9-2-3-10(8-12(9)16)13(17)15(7-6-14)11-4-5-11/h2-3,8,11,16H,4-7,14H2,1H3. The van der Waals surface area contributed by atoms with Crippen LogP contribution in [0, 0.1) is 6.92 Å². The van der Waals surface area contributed by atoms with Gasteiger partial charge in [-0.3, -0.25) is 4.79 Å². The molecule has 0 spiro atoms. The molecule has 0 heterocycles. The number of hydrogen-bond acceptors (Lipinski definition) is 3. The molecule has 1 aromatic rings. The monoisotopic (exact) mass is 234 g/mol. The van der Waals surface area contributed by atoms with E-state index in [0.29, 0.717) is 24.7 Å². The summed E-state index contributed by atoms with van der Waals surface area (Å²) in [5.41, 5.74) is 6.83. The highest BCUT2D eigenvalue weighted by molar-refractivity contribution is 5.95. The van der Waals surface area contributed by atoms with Gasteiger partial charge < -0.3 is 15.7 Å². The van der Waals surface area contributed by atoms with Gasteiger partial charge in [-0.2, -0.15) is 0 Å². The van der Waals surface area contributed by atoms with Gasteiger partial charge in [0.2, 0.25) is 0 Å². The summed E-state index contributed by atoms with van der Waals surface area (Å²) < 4.78 is 0. The van der Waals surface area contributed by atoms with Crippen molar-refractivity contribution < 1.29 is 9.90 Å². The fourth-order valence-corrected chi connectivity index (χ4v) is 1.88. The molecule has 92 valence electrons. The molecule has 0 saturated heterocycles. The van der Waals surface area contributed by atoms with Crippen molar-refractivity contribution in [3.63, 3.8) is 0 Å². The Bertz CT molecular complexity index is 427. The van der Waals surface area contributed by atoms with Crippen LogP contribution in [0.3, 0.4) is 0 Å². The highest BCUT2D eigenvalue weighted by atomic mass is 16.3. The molecule has 1 aromatic carbocycles. The summed E-state index contributed by atoms with van der Waals surface area (Å²) in [4.78, 5) is 14.0. The van der Waals surface area contributed by atoms with E-state index < -0.39 is 0 Å². The second-order valence-corrected chi connectivity index (χ2v) is 4.52. The lowest BCUT2D eigenvalue weighted by molar-refractivity contribution is 0.0748. The van der Waals surface area contributed by atoms with Crippen molar-refractivity contribution >= 4 is 5.91 Å². The maximum atomic E-state index is 12.2. The van der Waals surface area contributed by atoms with Crippen molar-refractivity contribution in [2.45, 2.75) is 25.8 Å². The summed E-state index contributed by atoms with van der Waals surface area (Å²) in [5, 5.41) is 9.62. The first-order valence-corrected chi connectivity index (χ1v) is 5.94. The van der Waals surface area contributed by atoms with Crippen molar-refractivity contribution in [3.8, 4) is 5.75 Å². The van der Waals surface area contributed by atoms with E-state index in [9.17, 15) is 9.90 Å². The van der Waals surface area contributed by atoms with Gasteiger partial charge >= 0.3 is 0 Å². The highest BCUT2D eigenvalue weighted by Gasteiger charge is 2.32. The van der Waals surface area contributed by atoms with Gasteiger partial charge in [0.1, 0.15) is 5.75 Å². The number of hydrogen-bond donors (Lipinski definition) is 2. The summed E-state index contributed by atoms with van der Waals surface area (Å²) in [6, 6.07) is 5.39. The van der Waals surface area contributed by atoms with Gasteiger partial charge in [-0.1, -0.05) is 6.07 Å². The average molecular weight is 234 g/mol. The predicted octanol–water partition coefficient (Wildman–Crippen LogP) is 1.26. The van der Waals surface area contributed by atoms with E-state index in [1.54, 1.807) is 12.1 Å². The van der Waals surface area contributed by atoms with Crippen LogP contribution in [0.15, 0.2) is 18.2 Å². The van der Waals surface area contributed by atoms with E-state index in [1.165, 1.54) is 6.07 Å². The lowest BCUT2D eigenvalue weighted by Crippen LogP contribution is -2.37. The summed E-state index contributed by atoms with van der Waals surface area (Å²) >= 11 is 0. The van der Waals surface area contributed by atoms with Gasteiger partial charge in [0.05, 0.1) is 0 Å². The Kier molecular flexibility index (Phi) is 3.33. The third-order valence-electron chi connectivity index (χ3n) is 3.07. The SMILES string of the molecule is Cc1ccc(C(=O)N(CCN)C2CC2)cc1O. The Morgan fingerprint density at radius 3 is 2.76 bits per heavy atom. The number of aryl methyl sites for hydroxylation is 1. The fourth-order valence-electron chi connectivity index (χ4n) is 1.88. The molecule has 4 nitrogen and oxygen atoms in total. The van der Waals surface area contributed by atoms with E-state index in [2.05, 4.69) is 0 Å². The maximum absolute atomic E-state index is 12.2. The highest BCUT2D eigenvalue weighted by Crippen LogP contribution is 2.28. The van der Waals surface area contributed by atoms with Crippen LogP contribution in [0.1, 0.15) is 28.8 Å². The number of rotatable bonds is 4. The fraction of sp³-hybridized carbons (Fsp3) is 0.462. The second kappa shape index (κ2) is 4.75. The van der Waals surface area contributed by atoms with Crippen LogP contribution in [0.4, 0.5) is 0 Å². The zero-order chi connectivity index (χ0) is 12.4. The quantitative estimate of drug-likeness (QED) is 0.824. The number of benzene rings is 1. The first kappa shape index (κ1) is 11.9. The number of aromatic hydroxyl groups is 1. The predicted molar refractivity (Wildman–Crippen MR) is 66.0 cm³/mol. The van der Waals surface area contributed by atoms with E-state index in [-0.39, 0.29) is 11.7 Å². The van der Waals surface area contributed by atoms with Crippen molar-refractivity contribution in [1.29, 1.82) is 0 Å². The molecule has 0 aliphatic heterocycles. The van der Waals surface area contributed by atoms with Gasteiger partial charge in [0.15, 0.2) is 0 Å². The molecule has 0 atom stereocenters. The number of phenols is 1. The lowest BCUT2D eigenvalue weighted by atomic mass is 10.1. The minimum atomic E-state index is -0.0340. The minimum Gasteiger partial charge on any atom is -0.508 e. The summed E-state index contributed by atoms with van der Waals surface area (Å²) in [6.07, 6.45) is 2.12. The Morgan fingerprint density at radius 2 is 2.24 bits per heavy atom. The normalized spacial score (nSPS) is 14.7. The van der Waals surface area contributed by atoms with Gasteiger partial charge in [-0.25, -0.2) is 0 Å². The Labute approximate surface area is 101 Å². The molecular formula is C13H18N2O2. The summed E-state index contributed by atoms with van der Waals surface area (Å²) in [5.74, 6) is 0.132. The van der Waals surface area contributed by atoms with E-state index >= 15 is 0 Å². The van der Waals surface area contributed by atoms with Gasteiger partial charge in [-0.15, -0.1) is 0 Å². The molecule has 2 rings (SSSR count). The van der Waals surface area contributed by atoms with Crippen molar-refractivity contribution in [3.05, 3.63) is 29.3 Å². The largest absolute Gasteiger partial charge is 0.508 e. The van der Waals surface area contributed by atoms with Crippen LogP contribution < -0.4 is 5.73 Å². The zero-order valence-corrected chi connectivity index (χ0v) is 10.0. The third kappa shape index (κ3) is 2.58. The number of amides is 1. The second-order valence-electron chi connectivity index (χ2n) is 4.52. The minimum absolute atomic E-state index is 0.0340. The molecule has 0 bridgehead atoms. The van der Waals surface area contributed by atoms with Crippen LogP contribution in [0.5, 0.6) is 5.75 Å². The number of carbonyl (C=O) groups is 1. The molecule has 4 heteroatoms. The molecule has 1 fully saturated rings. The Balaban J connectivity index is 2.19. The van der Waals surface area contributed by atoms with Crippen molar-refractivity contribution in [2.24, 2.45) is 5.73 Å². The van der Waals surface area contributed by atoms with Crippen molar-refractivity contribution in [2.75, 3.05) is 13.1 Å². The van der Waals surface area contributed by atoms with Crippen LogP contribution in [-0.2, 0) is 0 Å². The third-order valence-corrected chi connectivity index (χ3v) is 3.07. The number of carbonyl (C=O) groups excluding carboxylic acids is 1. The smallest absolute Gasteiger partial charge is 0.254 e. The molecule has 0 radical (unpaired) electrons. The molecule has 1 amide bonds. The summed E-state index contributed by atoms with van der Waals surface area (Å²) in [6.45, 7) is 2.86. The van der Waals surface area contributed by atoms with Gasteiger partial charge in [0.25, 0.3) is 5.91 Å². The Morgan fingerprint density at radius 1 is 1.53 bits per heavy atom. The van der Waals surface area contributed by atoms with E-state index in [0.717, 1.165) is 18.4 Å².